The minimum Gasteiger partial charge on any atom is -0.481 e. The Bertz CT molecular complexity index is 475. The summed E-state index contributed by atoms with van der Waals surface area (Å²) in [5.41, 5.74) is 1.08. The quantitative estimate of drug-likeness (QED) is 0.906. The molecule has 1 saturated heterocycles. The smallest absolute Gasteiger partial charge is 0.308 e. The molecule has 2 atom stereocenters. The summed E-state index contributed by atoms with van der Waals surface area (Å²) < 4.78 is 0. The van der Waals surface area contributed by atoms with Gasteiger partial charge in [-0.2, -0.15) is 0 Å². The predicted octanol–water partition coefficient (Wildman–Crippen LogP) is 1.58. The van der Waals surface area contributed by atoms with Crippen LogP contribution in [0.25, 0.3) is 0 Å². The lowest BCUT2D eigenvalue weighted by molar-refractivity contribution is -0.146. The summed E-state index contributed by atoms with van der Waals surface area (Å²) in [6.45, 7) is 3.01. The topological polar surface area (TPSA) is 70.5 Å². The van der Waals surface area contributed by atoms with Gasteiger partial charge >= 0.3 is 5.97 Å². The number of carbonyl (C=O) groups is 2. The zero-order chi connectivity index (χ0) is 14.5. The number of pyridine rings is 1. The Morgan fingerprint density at radius 3 is 2.70 bits per heavy atom. The molecule has 0 radical (unpaired) electrons. The first-order valence-electron chi connectivity index (χ1n) is 6.95. The molecule has 2 rings (SSSR count). The fourth-order valence-corrected chi connectivity index (χ4v) is 2.69. The molecule has 1 aromatic rings. The van der Waals surface area contributed by atoms with Crippen molar-refractivity contribution in [2.45, 2.75) is 26.2 Å². The van der Waals surface area contributed by atoms with E-state index in [0.717, 1.165) is 5.56 Å². The van der Waals surface area contributed by atoms with Crippen molar-refractivity contribution in [3.05, 3.63) is 30.1 Å². The van der Waals surface area contributed by atoms with Crippen LogP contribution in [0.15, 0.2) is 24.5 Å². The van der Waals surface area contributed by atoms with Gasteiger partial charge in [0.1, 0.15) is 0 Å². The van der Waals surface area contributed by atoms with Crippen LogP contribution in [0.2, 0.25) is 0 Å². The van der Waals surface area contributed by atoms with Gasteiger partial charge in [-0.3, -0.25) is 14.6 Å². The molecule has 2 unspecified atom stereocenters. The lowest BCUT2D eigenvalue weighted by Crippen LogP contribution is -2.45. The average Bonchev–Trinajstić information content (AvgIpc) is 2.45. The van der Waals surface area contributed by atoms with E-state index in [1.807, 2.05) is 19.1 Å². The fraction of sp³-hybridized carbons (Fsp3) is 0.533. The van der Waals surface area contributed by atoms with Gasteiger partial charge < -0.3 is 10.0 Å². The van der Waals surface area contributed by atoms with E-state index in [1.165, 1.54) is 0 Å². The van der Waals surface area contributed by atoms with Crippen LogP contribution in [0.5, 0.6) is 0 Å². The summed E-state index contributed by atoms with van der Waals surface area (Å²) >= 11 is 0. The maximum Gasteiger partial charge on any atom is 0.308 e. The number of aliphatic carboxylic acids is 1. The Hall–Kier alpha value is -1.91. The van der Waals surface area contributed by atoms with E-state index in [-0.39, 0.29) is 11.8 Å². The van der Waals surface area contributed by atoms with E-state index in [2.05, 4.69) is 4.98 Å². The zero-order valence-electron chi connectivity index (χ0n) is 11.7. The number of hydrogen-bond donors (Lipinski definition) is 1. The molecule has 1 aliphatic rings. The van der Waals surface area contributed by atoms with E-state index in [9.17, 15) is 9.59 Å². The number of hydrogen-bond acceptors (Lipinski definition) is 3. The Kier molecular flexibility index (Phi) is 4.71. The predicted molar refractivity (Wildman–Crippen MR) is 74.0 cm³/mol. The Morgan fingerprint density at radius 2 is 2.05 bits per heavy atom. The van der Waals surface area contributed by atoms with Gasteiger partial charge in [-0.15, -0.1) is 0 Å². The maximum atomic E-state index is 12.2. The molecule has 0 spiro atoms. The van der Waals surface area contributed by atoms with Crippen LogP contribution >= 0.6 is 0 Å². The Morgan fingerprint density at radius 1 is 1.35 bits per heavy atom. The second-order valence-electron chi connectivity index (χ2n) is 5.53. The van der Waals surface area contributed by atoms with Crippen LogP contribution < -0.4 is 0 Å². The van der Waals surface area contributed by atoms with Gasteiger partial charge in [0, 0.05) is 31.9 Å². The van der Waals surface area contributed by atoms with E-state index in [4.69, 9.17) is 5.11 Å². The normalized spacial score (nSPS) is 22.6. The summed E-state index contributed by atoms with van der Waals surface area (Å²) in [4.78, 5) is 28.9. The molecule has 0 saturated carbocycles. The number of aryl methyl sites for hydroxylation is 1. The van der Waals surface area contributed by atoms with Crippen molar-refractivity contribution in [3.8, 4) is 0 Å². The van der Waals surface area contributed by atoms with Gasteiger partial charge in [0.25, 0.3) is 0 Å². The summed E-state index contributed by atoms with van der Waals surface area (Å²) in [5.74, 6) is -0.943. The number of nitrogens with zero attached hydrogens (tertiary/aromatic N) is 2. The molecule has 0 aliphatic carbocycles. The number of likely N-dealkylation sites (tertiary alicyclic amines) is 1. The molecular formula is C15H20N2O3. The summed E-state index contributed by atoms with van der Waals surface area (Å²) in [7, 11) is 0. The van der Waals surface area contributed by atoms with E-state index < -0.39 is 11.9 Å². The van der Waals surface area contributed by atoms with Crippen molar-refractivity contribution >= 4 is 11.9 Å². The van der Waals surface area contributed by atoms with Crippen LogP contribution in [0.3, 0.4) is 0 Å². The van der Waals surface area contributed by atoms with Crippen LogP contribution in [-0.4, -0.2) is 40.0 Å². The highest BCUT2D eigenvalue weighted by molar-refractivity contribution is 5.78. The van der Waals surface area contributed by atoms with Crippen molar-refractivity contribution in [2.24, 2.45) is 11.8 Å². The number of aromatic nitrogens is 1. The van der Waals surface area contributed by atoms with Crippen LogP contribution in [0.4, 0.5) is 0 Å². The van der Waals surface area contributed by atoms with Crippen molar-refractivity contribution in [1.29, 1.82) is 0 Å². The van der Waals surface area contributed by atoms with Crippen molar-refractivity contribution in [1.82, 2.24) is 9.88 Å². The van der Waals surface area contributed by atoms with Gasteiger partial charge in [0.05, 0.1) is 5.92 Å². The zero-order valence-corrected chi connectivity index (χ0v) is 11.7. The molecule has 1 aromatic heterocycles. The molecule has 1 N–H and O–H groups in total. The molecule has 2 heterocycles. The molecule has 108 valence electrons. The highest BCUT2D eigenvalue weighted by Crippen LogP contribution is 2.22. The molecule has 1 amide bonds. The van der Waals surface area contributed by atoms with Gasteiger partial charge in [0.2, 0.25) is 5.91 Å². The van der Waals surface area contributed by atoms with Crippen molar-refractivity contribution < 1.29 is 14.7 Å². The minimum absolute atomic E-state index is 0.0413. The molecular weight excluding hydrogens is 256 g/mol. The number of amides is 1. The summed E-state index contributed by atoms with van der Waals surface area (Å²) in [6.07, 6.45) is 5.17. The first-order valence-corrected chi connectivity index (χ1v) is 6.95. The highest BCUT2D eigenvalue weighted by atomic mass is 16.4. The first kappa shape index (κ1) is 14.5. The SMILES string of the molecule is CC1CC(C(=O)O)CN(C(=O)CCc2ccncc2)C1. The lowest BCUT2D eigenvalue weighted by Gasteiger charge is -2.34. The Balaban J connectivity index is 1.90. The molecule has 1 aliphatic heterocycles. The second-order valence-corrected chi connectivity index (χ2v) is 5.53. The number of piperidine rings is 1. The third kappa shape index (κ3) is 3.79. The van der Waals surface area contributed by atoms with Gasteiger partial charge in [0.15, 0.2) is 0 Å². The molecule has 5 heteroatoms. The molecule has 20 heavy (non-hydrogen) atoms. The van der Waals surface area contributed by atoms with Crippen LogP contribution in [0.1, 0.15) is 25.3 Å². The third-order valence-corrected chi connectivity index (χ3v) is 3.74. The summed E-state index contributed by atoms with van der Waals surface area (Å²) in [5, 5.41) is 9.12. The highest BCUT2D eigenvalue weighted by Gasteiger charge is 2.31. The van der Waals surface area contributed by atoms with Crippen molar-refractivity contribution in [3.63, 3.8) is 0 Å². The number of carboxylic acids is 1. The Labute approximate surface area is 118 Å². The lowest BCUT2D eigenvalue weighted by atomic mass is 9.90. The van der Waals surface area contributed by atoms with Gasteiger partial charge in [-0.25, -0.2) is 0 Å². The van der Waals surface area contributed by atoms with Crippen molar-refractivity contribution in [2.75, 3.05) is 13.1 Å². The number of carbonyl (C=O) groups excluding carboxylic acids is 1. The number of carboxylic acid groups (broad SMARTS) is 1. The van der Waals surface area contributed by atoms with E-state index in [1.54, 1.807) is 17.3 Å². The average molecular weight is 276 g/mol. The molecule has 1 fully saturated rings. The molecule has 0 bridgehead atoms. The first-order chi connectivity index (χ1) is 9.56. The van der Waals surface area contributed by atoms with E-state index in [0.29, 0.717) is 32.4 Å². The van der Waals surface area contributed by atoms with Gasteiger partial charge in [-0.05, 0) is 36.5 Å². The largest absolute Gasteiger partial charge is 0.481 e. The maximum absolute atomic E-state index is 12.2. The fourth-order valence-electron chi connectivity index (χ4n) is 2.69. The molecule has 0 aromatic carbocycles. The summed E-state index contributed by atoms with van der Waals surface area (Å²) in [6, 6.07) is 3.79. The van der Waals surface area contributed by atoms with Gasteiger partial charge in [-0.1, -0.05) is 6.92 Å². The van der Waals surface area contributed by atoms with Crippen LogP contribution in [-0.2, 0) is 16.0 Å². The van der Waals surface area contributed by atoms with Crippen LogP contribution in [0, 0.1) is 11.8 Å². The minimum atomic E-state index is -0.802. The standard InChI is InChI=1S/C15H20N2O3/c1-11-8-13(15(19)20)10-17(9-11)14(18)3-2-12-4-6-16-7-5-12/h4-7,11,13H,2-3,8-10H2,1H3,(H,19,20). The number of rotatable bonds is 4. The molecule has 5 nitrogen and oxygen atoms in total. The second kappa shape index (κ2) is 6.50. The monoisotopic (exact) mass is 276 g/mol. The van der Waals surface area contributed by atoms with E-state index >= 15 is 0 Å². The third-order valence-electron chi connectivity index (χ3n) is 3.74.